The Bertz CT molecular complexity index is 980. The van der Waals surface area contributed by atoms with Crippen molar-refractivity contribution in [1.29, 1.82) is 0 Å². The van der Waals surface area contributed by atoms with Crippen molar-refractivity contribution in [3.8, 4) is 11.5 Å². The molecule has 1 amide bonds. The largest absolute Gasteiger partial charge is 0.507 e. The van der Waals surface area contributed by atoms with E-state index < -0.39 is 17.7 Å². The van der Waals surface area contributed by atoms with Crippen LogP contribution in [0.25, 0.3) is 5.76 Å². The molecule has 1 heterocycles. The van der Waals surface area contributed by atoms with E-state index in [0.717, 1.165) is 0 Å². The van der Waals surface area contributed by atoms with Gasteiger partial charge in [-0.25, -0.2) is 0 Å². The third kappa shape index (κ3) is 4.72. The predicted molar refractivity (Wildman–Crippen MR) is 116 cm³/mol. The molecule has 1 atom stereocenters. The van der Waals surface area contributed by atoms with Crippen molar-refractivity contribution in [1.82, 2.24) is 4.90 Å². The Hall–Kier alpha value is -3.32. The van der Waals surface area contributed by atoms with Crippen molar-refractivity contribution in [2.24, 2.45) is 0 Å². The number of likely N-dealkylation sites (tertiary alicyclic amines) is 1. The molecule has 1 N–H and O–H groups in total. The number of rotatable bonds is 8. The van der Waals surface area contributed by atoms with Gasteiger partial charge in [0.1, 0.15) is 17.3 Å². The first-order chi connectivity index (χ1) is 14.9. The zero-order valence-electron chi connectivity index (χ0n) is 18.1. The molecule has 0 radical (unpaired) electrons. The van der Waals surface area contributed by atoms with Gasteiger partial charge in [-0.15, -0.1) is 0 Å². The zero-order chi connectivity index (χ0) is 22.5. The minimum absolute atomic E-state index is 0.0352. The van der Waals surface area contributed by atoms with Crippen LogP contribution in [0.2, 0.25) is 0 Å². The molecule has 7 heteroatoms. The van der Waals surface area contributed by atoms with Crippen LogP contribution in [0, 0.1) is 0 Å². The highest BCUT2D eigenvalue weighted by Gasteiger charge is 2.45. The third-order valence-corrected chi connectivity index (χ3v) is 4.99. The molecule has 0 spiro atoms. The van der Waals surface area contributed by atoms with Gasteiger partial charge in [-0.2, -0.15) is 0 Å². The zero-order valence-corrected chi connectivity index (χ0v) is 18.1. The molecule has 164 valence electrons. The van der Waals surface area contributed by atoms with E-state index in [1.807, 2.05) is 13.8 Å². The van der Waals surface area contributed by atoms with E-state index in [0.29, 0.717) is 22.6 Å². The maximum atomic E-state index is 13.0. The number of carbonyl (C=O) groups excluding carboxylic acids is 2. The second-order valence-corrected chi connectivity index (χ2v) is 7.45. The minimum Gasteiger partial charge on any atom is -0.507 e. The molecule has 3 rings (SSSR count). The number of carbonyl (C=O) groups is 2. The fourth-order valence-electron chi connectivity index (χ4n) is 3.58. The molecule has 1 unspecified atom stereocenters. The van der Waals surface area contributed by atoms with Crippen LogP contribution in [0.3, 0.4) is 0 Å². The van der Waals surface area contributed by atoms with Crippen LogP contribution >= 0.6 is 0 Å². The van der Waals surface area contributed by atoms with Crippen LogP contribution in [0.15, 0.2) is 54.1 Å². The Morgan fingerprint density at radius 2 is 1.77 bits per heavy atom. The second kappa shape index (κ2) is 9.66. The van der Waals surface area contributed by atoms with Gasteiger partial charge < -0.3 is 24.2 Å². The lowest BCUT2D eigenvalue weighted by Crippen LogP contribution is -2.32. The van der Waals surface area contributed by atoms with Crippen LogP contribution in [0.4, 0.5) is 0 Å². The highest BCUT2D eigenvalue weighted by molar-refractivity contribution is 6.46. The summed E-state index contributed by atoms with van der Waals surface area (Å²) in [6.45, 7) is 4.28. The molecule has 1 saturated heterocycles. The van der Waals surface area contributed by atoms with E-state index in [-0.39, 0.29) is 30.6 Å². The molecule has 1 fully saturated rings. The normalized spacial score (nSPS) is 18.0. The molecule has 1 aliphatic rings. The fourth-order valence-corrected chi connectivity index (χ4v) is 3.58. The first kappa shape index (κ1) is 22.4. The number of Topliss-reactive ketones (excluding diaryl/α,β-unsaturated/α-hetero) is 1. The standard InChI is InChI=1S/C24H27NO6/c1-15(2)31-19-7-5-6-17(14-19)22(26)20-21(16-8-10-18(30-4)11-9-16)25(12-13-29-3)24(28)23(20)27/h5-11,14-15,21,26H,12-13H2,1-4H3/b22-20-. The number of aliphatic hydroxyl groups excluding tert-OH is 1. The van der Waals surface area contributed by atoms with E-state index in [4.69, 9.17) is 14.2 Å². The topological polar surface area (TPSA) is 85.3 Å². The summed E-state index contributed by atoms with van der Waals surface area (Å²) < 4.78 is 16.0. The molecule has 2 aromatic rings. The summed E-state index contributed by atoms with van der Waals surface area (Å²) in [6.07, 6.45) is -0.0451. The van der Waals surface area contributed by atoms with E-state index in [9.17, 15) is 14.7 Å². The number of hydrogen-bond donors (Lipinski definition) is 1. The predicted octanol–water partition coefficient (Wildman–Crippen LogP) is 3.55. The highest BCUT2D eigenvalue weighted by atomic mass is 16.5. The number of hydrogen-bond acceptors (Lipinski definition) is 6. The molecular formula is C24H27NO6. The van der Waals surface area contributed by atoms with E-state index in [1.165, 1.54) is 12.0 Å². The van der Waals surface area contributed by atoms with Crippen molar-refractivity contribution in [3.63, 3.8) is 0 Å². The molecule has 0 bridgehead atoms. The van der Waals surface area contributed by atoms with E-state index in [1.54, 1.807) is 55.6 Å². The number of aliphatic hydroxyl groups is 1. The summed E-state index contributed by atoms with van der Waals surface area (Å²) in [7, 11) is 3.09. The van der Waals surface area contributed by atoms with Gasteiger partial charge >= 0.3 is 0 Å². The average Bonchev–Trinajstić information content (AvgIpc) is 3.01. The van der Waals surface area contributed by atoms with Gasteiger partial charge in [-0.1, -0.05) is 24.3 Å². The van der Waals surface area contributed by atoms with Gasteiger partial charge in [0.2, 0.25) is 0 Å². The number of nitrogens with zero attached hydrogens (tertiary/aromatic N) is 1. The SMILES string of the molecule is COCCN1C(=O)C(=O)/C(=C(\O)c2cccc(OC(C)C)c2)C1c1ccc(OC)cc1. The van der Waals surface area contributed by atoms with Crippen LogP contribution < -0.4 is 9.47 Å². The third-order valence-electron chi connectivity index (χ3n) is 4.99. The molecule has 7 nitrogen and oxygen atoms in total. The van der Waals surface area contributed by atoms with Crippen LogP contribution in [-0.4, -0.2) is 55.2 Å². The first-order valence-corrected chi connectivity index (χ1v) is 10.1. The van der Waals surface area contributed by atoms with Crippen LogP contribution in [-0.2, 0) is 14.3 Å². The second-order valence-electron chi connectivity index (χ2n) is 7.45. The Balaban J connectivity index is 2.11. The summed E-state index contributed by atoms with van der Waals surface area (Å²) in [5, 5.41) is 11.1. The minimum atomic E-state index is -0.740. The van der Waals surface area contributed by atoms with Gasteiger partial charge in [0.25, 0.3) is 11.7 Å². The summed E-state index contributed by atoms with van der Waals surface area (Å²) in [5.41, 5.74) is 1.13. The van der Waals surface area contributed by atoms with Gasteiger partial charge in [0.05, 0.1) is 31.4 Å². The molecule has 0 aromatic heterocycles. The lowest BCUT2D eigenvalue weighted by Gasteiger charge is -2.25. The fraction of sp³-hybridized carbons (Fsp3) is 0.333. The molecule has 0 aliphatic carbocycles. The van der Waals surface area contributed by atoms with Gasteiger partial charge in [-0.3, -0.25) is 9.59 Å². The van der Waals surface area contributed by atoms with Crippen molar-refractivity contribution >= 4 is 17.4 Å². The molecule has 31 heavy (non-hydrogen) atoms. The Morgan fingerprint density at radius 1 is 1.06 bits per heavy atom. The monoisotopic (exact) mass is 425 g/mol. The summed E-state index contributed by atoms with van der Waals surface area (Å²) >= 11 is 0. The Kier molecular flexibility index (Phi) is 6.97. The lowest BCUT2D eigenvalue weighted by atomic mass is 9.95. The smallest absolute Gasteiger partial charge is 0.295 e. The highest BCUT2D eigenvalue weighted by Crippen LogP contribution is 2.40. The van der Waals surface area contributed by atoms with Crippen molar-refractivity contribution < 1.29 is 28.9 Å². The maximum absolute atomic E-state index is 13.0. The summed E-state index contributed by atoms with van der Waals surface area (Å²) in [4.78, 5) is 27.2. The van der Waals surface area contributed by atoms with Gasteiger partial charge in [0.15, 0.2) is 0 Å². The Labute approximate surface area is 181 Å². The van der Waals surface area contributed by atoms with Crippen molar-refractivity contribution in [2.75, 3.05) is 27.4 Å². The average molecular weight is 425 g/mol. The van der Waals surface area contributed by atoms with Crippen molar-refractivity contribution in [3.05, 3.63) is 65.2 Å². The summed E-state index contributed by atoms with van der Waals surface area (Å²) in [5.74, 6) is -0.434. The van der Waals surface area contributed by atoms with E-state index >= 15 is 0 Å². The maximum Gasteiger partial charge on any atom is 0.295 e. The first-order valence-electron chi connectivity index (χ1n) is 10.1. The molecule has 2 aromatic carbocycles. The number of ether oxygens (including phenoxy) is 3. The van der Waals surface area contributed by atoms with Crippen LogP contribution in [0.1, 0.15) is 31.0 Å². The van der Waals surface area contributed by atoms with Crippen LogP contribution in [0.5, 0.6) is 11.5 Å². The van der Waals surface area contributed by atoms with Gasteiger partial charge in [-0.05, 0) is 43.7 Å². The number of ketones is 1. The molecule has 1 aliphatic heterocycles. The lowest BCUT2D eigenvalue weighted by molar-refractivity contribution is -0.140. The van der Waals surface area contributed by atoms with E-state index in [2.05, 4.69) is 0 Å². The van der Waals surface area contributed by atoms with Crippen molar-refractivity contribution in [2.45, 2.75) is 26.0 Å². The summed E-state index contributed by atoms with van der Waals surface area (Å²) in [6, 6.07) is 13.2. The number of benzene rings is 2. The Morgan fingerprint density at radius 3 is 2.39 bits per heavy atom. The quantitative estimate of drug-likeness (QED) is 0.396. The van der Waals surface area contributed by atoms with Gasteiger partial charge in [0, 0.05) is 19.2 Å². The number of methoxy groups -OCH3 is 2. The number of amides is 1. The molecule has 0 saturated carbocycles. The molecular weight excluding hydrogens is 398 g/mol.